The van der Waals surface area contributed by atoms with Gasteiger partial charge in [0.2, 0.25) is 11.8 Å². The Morgan fingerprint density at radius 2 is 1.87 bits per heavy atom. The topological polar surface area (TPSA) is 75.4 Å². The number of hydrogen-bond acceptors (Lipinski definition) is 4. The van der Waals surface area contributed by atoms with Gasteiger partial charge in [-0.25, -0.2) is 4.98 Å². The van der Waals surface area contributed by atoms with Gasteiger partial charge in [0, 0.05) is 36.0 Å². The first-order valence-corrected chi connectivity index (χ1v) is 11.6. The van der Waals surface area contributed by atoms with E-state index in [4.69, 9.17) is 16.0 Å². The number of carbonyl (C=O) groups is 2. The number of fused-ring (bicyclic) bond motifs is 1. The van der Waals surface area contributed by atoms with Crippen LogP contribution in [0.15, 0.2) is 22.6 Å². The Labute approximate surface area is 181 Å². The van der Waals surface area contributed by atoms with Gasteiger partial charge in [-0.1, -0.05) is 18.0 Å². The van der Waals surface area contributed by atoms with Crippen molar-refractivity contribution in [1.29, 1.82) is 0 Å². The zero-order valence-electron chi connectivity index (χ0n) is 17.1. The maximum atomic E-state index is 12.7. The lowest BCUT2D eigenvalue weighted by Crippen LogP contribution is -2.42. The van der Waals surface area contributed by atoms with Gasteiger partial charge in [0.15, 0.2) is 11.5 Å². The van der Waals surface area contributed by atoms with Crippen LogP contribution in [0, 0.1) is 11.8 Å². The van der Waals surface area contributed by atoms with E-state index >= 15 is 0 Å². The minimum Gasteiger partial charge on any atom is -0.440 e. The van der Waals surface area contributed by atoms with Crippen LogP contribution in [0.25, 0.3) is 11.1 Å². The lowest BCUT2D eigenvalue weighted by Gasteiger charge is -2.29. The normalized spacial score (nSPS) is 27.2. The molecule has 0 bridgehead atoms. The van der Waals surface area contributed by atoms with Crippen LogP contribution >= 0.6 is 11.6 Å². The first-order chi connectivity index (χ1) is 14.6. The van der Waals surface area contributed by atoms with Crippen LogP contribution in [0.1, 0.15) is 63.2 Å². The van der Waals surface area contributed by atoms with Gasteiger partial charge in [-0.15, -0.1) is 0 Å². The largest absolute Gasteiger partial charge is 0.440 e. The number of amides is 2. The van der Waals surface area contributed by atoms with Gasteiger partial charge in [0.1, 0.15) is 5.52 Å². The highest BCUT2D eigenvalue weighted by Gasteiger charge is 2.37. The maximum Gasteiger partial charge on any atom is 0.225 e. The second-order valence-electron chi connectivity index (χ2n) is 9.12. The number of nitrogens with zero attached hydrogens (tertiary/aromatic N) is 2. The van der Waals surface area contributed by atoms with Gasteiger partial charge in [0.05, 0.1) is 5.92 Å². The van der Waals surface area contributed by atoms with Crippen molar-refractivity contribution in [2.75, 3.05) is 13.1 Å². The summed E-state index contributed by atoms with van der Waals surface area (Å²) < 4.78 is 5.93. The van der Waals surface area contributed by atoms with Crippen molar-refractivity contribution in [1.82, 2.24) is 15.2 Å². The van der Waals surface area contributed by atoms with Crippen molar-refractivity contribution in [2.45, 2.75) is 63.3 Å². The van der Waals surface area contributed by atoms with Crippen molar-refractivity contribution in [3.8, 4) is 0 Å². The van der Waals surface area contributed by atoms with Gasteiger partial charge >= 0.3 is 0 Å². The van der Waals surface area contributed by atoms with Gasteiger partial charge in [-0.3, -0.25) is 9.59 Å². The molecule has 1 aromatic heterocycles. The third kappa shape index (κ3) is 3.94. The summed E-state index contributed by atoms with van der Waals surface area (Å²) in [6.07, 6.45) is 7.72. The average molecular weight is 430 g/mol. The van der Waals surface area contributed by atoms with Crippen LogP contribution in [0.5, 0.6) is 0 Å². The van der Waals surface area contributed by atoms with Gasteiger partial charge in [0.25, 0.3) is 0 Å². The number of hydrogen-bond donors (Lipinski definition) is 1. The second kappa shape index (κ2) is 8.22. The molecule has 2 aromatic rings. The number of aromatic nitrogens is 1. The Morgan fingerprint density at radius 1 is 1.07 bits per heavy atom. The van der Waals surface area contributed by atoms with E-state index in [1.807, 2.05) is 23.1 Å². The summed E-state index contributed by atoms with van der Waals surface area (Å²) in [4.78, 5) is 31.7. The predicted molar refractivity (Wildman–Crippen MR) is 114 cm³/mol. The molecule has 2 aliphatic carbocycles. The zero-order chi connectivity index (χ0) is 20.7. The van der Waals surface area contributed by atoms with Crippen LogP contribution in [-0.2, 0) is 9.59 Å². The molecule has 1 saturated heterocycles. The molecule has 2 heterocycles. The van der Waals surface area contributed by atoms with Gasteiger partial charge < -0.3 is 14.6 Å². The average Bonchev–Trinajstić information content (AvgIpc) is 3.34. The molecule has 3 aliphatic rings. The predicted octanol–water partition coefficient (Wildman–Crippen LogP) is 4.27. The molecule has 2 saturated carbocycles. The minimum absolute atomic E-state index is 0.0615. The van der Waals surface area contributed by atoms with E-state index in [2.05, 4.69) is 10.3 Å². The number of oxazole rings is 1. The summed E-state index contributed by atoms with van der Waals surface area (Å²) in [7, 11) is 0. The lowest BCUT2D eigenvalue weighted by molar-refractivity contribution is -0.137. The third-order valence-corrected chi connectivity index (χ3v) is 7.35. The molecule has 0 spiro atoms. The molecule has 160 valence electrons. The summed E-state index contributed by atoms with van der Waals surface area (Å²) in [5, 5.41) is 3.90. The molecular weight excluding hydrogens is 402 g/mol. The molecule has 2 amide bonds. The molecule has 7 heteroatoms. The first kappa shape index (κ1) is 19.9. The van der Waals surface area contributed by atoms with Crippen molar-refractivity contribution in [2.24, 2.45) is 11.8 Å². The molecule has 30 heavy (non-hydrogen) atoms. The van der Waals surface area contributed by atoms with E-state index in [0.717, 1.165) is 74.9 Å². The Hall–Kier alpha value is -2.08. The monoisotopic (exact) mass is 429 g/mol. The molecule has 1 N–H and O–H groups in total. The molecule has 1 unspecified atom stereocenters. The number of nitrogens with one attached hydrogen (secondary N) is 1. The van der Waals surface area contributed by atoms with E-state index in [1.54, 1.807) is 0 Å². The molecular formula is C23H28ClN3O3. The molecule has 1 atom stereocenters. The van der Waals surface area contributed by atoms with Crippen molar-refractivity contribution in [3.63, 3.8) is 0 Å². The van der Waals surface area contributed by atoms with E-state index in [0.29, 0.717) is 11.6 Å². The van der Waals surface area contributed by atoms with E-state index in [1.165, 1.54) is 0 Å². The maximum absolute atomic E-state index is 12.7. The van der Waals surface area contributed by atoms with Crippen LogP contribution in [0.2, 0.25) is 5.02 Å². The number of halogens is 1. The summed E-state index contributed by atoms with van der Waals surface area (Å²) in [6.45, 7) is 1.31. The highest BCUT2D eigenvalue weighted by molar-refractivity contribution is 6.31. The van der Waals surface area contributed by atoms with Crippen LogP contribution in [-0.4, -0.2) is 40.8 Å². The number of carbonyl (C=O) groups excluding carboxylic acids is 2. The third-order valence-electron chi connectivity index (χ3n) is 7.11. The fourth-order valence-corrected chi connectivity index (χ4v) is 5.15. The summed E-state index contributed by atoms with van der Waals surface area (Å²) in [6, 6.07) is 5.70. The highest BCUT2D eigenvalue weighted by atomic mass is 35.5. The summed E-state index contributed by atoms with van der Waals surface area (Å²) in [5.74, 6) is 1.58. The molecule has 0 radical (unpaired) electrons. The van der Waals surface area contributed by atoms with Gasteiger partial charge in [-0.2, -0.15) is 0 Å². The van der Waals surface area contributed by atoms with Crippen LogP contribution < -0.4 is 5.32 Å². The Bertz CT molecular complexity index is 946. The minimum atomic E-state index is -0.0615. The second-order valence-corrected chi connectivity index (χ2v) is 9.56. The smallest absolute Gasteiger partial charge is 0.225 e. The molecule has 3 fully saturated rings. The van der Waals surface area contributed by atoms with Crippen LogP contribution in [0.3, 0.4) is 0 Å². The fraction of sp³-hybridized carbons (Fsp3) is 0.609. The Kier molecular flexibility index (Phi) is 5.44. The Morgan fingerprint density at radius 3 is 2.60 bits per heavy atom. The summed E-state index contributed by atoms with van der Waals surface area (Å²) in [5.41, 5.74) is 1.57. The van der Waals surface area contributed by atoms with E-state index in [9.17, 15) is 9.59 Å². The summed E-state index contributed by atoms with van der Waals surface area (Å²) >= 11 is 6.04. The number of rotatable bonds is 4. The lowest BCUT2D eigenvalue weighted by atomic mass is 9.84. The number of likely N-dealkylation sites (tertiary alicyclic amines) is 1. The Balaban J connectivity index is 1.11. The molecule has 1 aliphatic heterocycles. The van der Waals surface area contributed by atoms with Crippen molar-refractivity contribution in [3.05, 3.63) is 29.1 Å². The van der Waals surface area contributed by atoms with Gasteiger partial charge in [-0.05, 0) is 63.1 Å². The molecule has 5 rings (SSSR count). The first-order valence-electron chi connectivity index (χ1n) is 11.2. The molecule has 1 aromatic carbocycles. The SMILES string of the molecule is O=C(NC1CCC(c2nc3cc(Cl)ccc3o2)CC1)C1CCN(C(=O)C2CCC2)C1. The quantitative estimate of drug-likeness (QED) is 0.787. The van der Waals surface area contributed by atoms with E-state index < -0.39 is 0 Å². The fourth-order valence-electron chi connectivity index (χ4n) is 4.98. The van der Waals surface area contributed by atoms with Crippen molar-refractivity contribution >= 4 is 34.5 Å². The highest BCUT2D eigenvalue weighted by Crippen LogP contribution is 2.35. The zero-order valence-corrected chi connectivity index (χ0v) is 17.9. The standard InChI is InChI=1S/C23H28ClN3O3/c24-17-6-9-20-19(12-17)26-22(30-20)14-4-7-18(8-5-14)25-21(28)16-10-11-27(13-16)23(29)15-2-1-3-15/h6,9,12,14-16,18H,1-5,7-8,10-11,13H2,(H,25,28). The van der Waals surface area contributed by atoms with E-state index in [-0.39, 0.29) is 35.6 Å². The number of benzene rings is 1. The van der Waals surface area contributed by atoms with Crippen molar-refractivity contribution < 1.29 is 14.0 Å². The molecule has 6 nitrogen and oxygen atoms in total. The van der Waals surface area contributed by atoms with Crippen LogP contribution in [0.4, 0.5) is 0 Å².